The fourth-order valence-corrected chi connectivity index (χ4v) is 5.46. The predicted octanol–water partition coefficient (Wildman–Crippen LogP) is -1.53. The van der Waals surface area contributed by atoms with Gasteiger partial charge in [0.2, 0.25) is 0 Å². The molecule has 4 aliphatic heterocycles. The van der Waals surface area contributed by atoms with Crippen LogP contribution < -0.4 is 4.74 Å². The minimum Gasteiger partial charge on any atom is -0.508 e. The van der Waals surface area contributed by atoms with E-state index < -0.39 is 90.5 Å². The van der Waals surface area contributed by atoms with Crippen molar-refractivity contribution >= 4 is 5.97 Å². The van der Waals surface area contributed by atoms with Crippen molar-refractivity contribution in [3.8, 4) is 28.7 Å². The third-order valence-electron chi connectivity index (χ3n) is 7.60. The maximum atomic E-state index is 12.7. The Balaban J connectivity index is 1.56. The number of benzene rings is 2. The van der Waals surface area contributed by atoms with Crippen LogP contribution in [0.15, 0.2) is 29.7 Å². The number of phenols is 3. The van der Waals surface area contributed by atoms with Crippen molar-refractivity contribution in [2.45, 2.75) is 55.4 Å². The highest BCUT2D eigenvalue weighted by molar-refractivity contribution is 5.90. The van der Waals surface area contributed by atoms with Gasteiger partial charge in [0, 0.05) is 6.07 Å². The summed E-state index contributed by atoms with van der Waals surface area (Å²) in [4.78, 5) is 12.7. The normalized spacial score (nSPS) is 32.4. The van der Waals surface area contributed by atoms with Crippen molar-refractivity contribution in [3.63, 3.8) is 0 Å². The Hall–Kier alpha value is -3.83. The molecule has 2 aromatic rings. The molecule has 4 heterocycles. The first-order chi connectivity index (χ1) is 19.4. The number of fused-ring (bicyclic) bond motifs is 4. The van der Waals surface area contributed by atoms with Crippen LogP contribution in [-0.4, -0.2) is 102 Å². The van der Waals surface area contributed by atoms with Crippen LogP contribution in [0.1, 0.15) is 28.4 Å². The zero-order valence-electron chi connectivity index (χ0n) is 21.2. The molecule has 0 radical (unpaired) electrons. The average Bonchev–Trinajstić information content (AvgIpc) is 3.46. The number of phenolic OH excluding ortho intramolecular Hbond substituents is 3. The molecule has 0 aliphatic carbocycles. The van der Waals surface area contributed by atoms with E-state index in [4.69, 9.17) is 23.7 Å². The number of rotatable bonds is 4. The molecule has 0 bridgehead atoms. The van der Waals surface area contributed by atoms with Gasteiger partial charge in [0.05, 0.1) is 24.3 Å². The van der Waals surface area contributed by atoms with Crippen molar-refractivity contribution < 1.29 is 74.4 Å². The summed E-state index contributed by atoms with van der Waals surface area (Å²) in [6, 6.07) is 3.62. The van der Waals surface area contributed by atoms with E-state index in [0.29, 0.717) is 5.56 Å². The molecule has 2 aromatic carbocycles. The second-order valence-electron chi connectivity index (χ2n) is 10.1. The number of esters is 1. The number of ether oxygens (including phenoxy) is 5. The smallest absolute Gasteiger partial charge is 0.378 e. The number of aliphatic hydroxyl groups is 6. The van der Waals surface area contributed by atoms with Crippen molar-refractivity contribution in [2.24, 2.45) is 0 Å². The van der Waals surface area contributed by atoms with Crippen molar-refractivity contribution in [3.05, 3.63) is 52.0 Å². The van der Waals surface area contributed by atoms with Crippen LogP contribution in [0.5, 0.6) is 28.7 Å². The summed E-state index contributed by atoms with van der Waals surface area (Å²) < 4.78 is 28.6. The average molecular weight is 578 g/mol. The van der Waals surface area contributed by atoms with Gasteiger partial charge < -0.3 is 69.6 Å². The molecule has 41 heavy (non-hydrogen) atoms. The van der Waals surface area contributed by atoms with Crippen LogP contribution >= 0.6 is 0 Å². The van der Waals surface area contributed by atoms with E-state index in [2.05, 4.69) is 0 Å². The monoisotopic (exact) mass is 578 g/mol. The molecule has 8 atom stereocenters. The molecule has 220 valence electrons. The van der Waals surface area contributed by atoms with Crippen molar-refractivity contribution in [1.82, 2.24) is 0 Å². The Labute approximate surface area is 230 Å². The Morgan fingerprint density at radius 3 is 2.37 bits per heavy atom. The van der Waals surface area contributed by atoms with Gasteiger partial charge >= 0.3 is 11.8 Å². The number of carbonyl (C=O) groups excluding carboxylic acids is 1. The van der Waals surface area contributed by atoms with E-state index >= 15 is 0 Å². The van der Waals surface area contributed by atoms with Gasteiger partial charge in [-0.05, 0) is 24.6 Å². The van der Waals surface area contributed by atoms with Gasteiger partial charge in [-0.15, -0.1) is 0 Å². The van der Waals surface area contributed by atoms with Crippen molar-refractivity contribution in [2.75, 3.05) is 13.2 Å². The molecule has 4 aliphatic rings. The zero-order valence-corrected chi connectivity index (χ0v) is 21.2. The summed E-state index contributed by atoms with van der Waals surface area (Å²) in [6.07, 6.45) is -11.7. The number of hydrogen-bond donors (Lipinski definition) is 9. The molecule has 0 amide bonds. The van der Waals surface area contributed by atoms with Gasteiger partial charge in [0.25, 0.3) is 5.76 Å². The van der Waals surface area contributed by atoms with E-state index in [1.807, 2.05) is 0 Å². The Morgan fingerprint density at radius 1 is 0.951 bits per heavy atom. The Bertz CT molecular complexity index is 1470. The largest absolute Gasteiger partial charge is 0.508 e. The summed E-state index contributed by atoms with van der Waals surface area (Å²) in [6.45, 7) is -0.0356. The third-order valence-corrected chi connectivity index (χ3v) is 7.60. The number of aryl methyl sites for hydroxylation is 1. The number of aromatic hydroxyl groups is 3. The second kappa shape index (κ2) is 9.35. The van der Waals surface area contributed by atoms with Crippen LogP contribution in [0.25, 0.3) is 0 Å². The predicted molar refractivity (Wildman–Crippen MR) is 128 cm³/mol. The van der Waals surface area contributed by atoms with Gasteiger partial charge in [0.1, 0.15) is 70.9 Å². The zero-order chi connectivity index (χ0) is 29.5. The van der Waals surface area contributed by atoms with Crippen molar-refractivity contribution in [1.29, 1.82) is 0 Å². The molecule has 4 unspecified atom stereocenters. The molecule has 1 saturated heterocycles. The van der Waals surface area contributed by atoms with E-state index in [9.17, 15) is 50.8 Å². The fraction of sp³-hybridized carbons (Fsp3) is 0.423. The van der Waals surface area contributed by atoms with Gasteiger partial charge in [0.15, 0.2) is 11.9 Å². The number of cyclic esters (lactones) is 1. The molecule has 1 fully saturated rings. The summed E-state index contributed by atoms with van der Waals surface area (Å²) in [5.41, 5.74) is -0.594. The molecule has 15 nitrogen and oxygen atoms in total. The molecular formula is C26H26O15. The molecule has 1 spiro atoms. The molecule has 15 heteroatoms. The standard InChI is InChI=1S/C26H26O15/c1-7-2-12-8(3-9(7)29)26(40-23-21(11(31)5-27)39-25(36)24(23)41-26)16-13(37-12)4-10(30)15(18(16)33)22-20(35)19(34)17(32)14(6-28)38-22/h2-4,11,14,17,19-22,27-35H,5-6H2,1H3/t11?,14-,17-,19+,20-,21?,22?,26?/m1/s1. The van der Waals surface area contributed by atoms with E-state index in [0.717, 1.165) is 6.07 Å². The highest BCUT2D eigenvalue weighted by Gasteiger charge is 2.61. The Kier molecular flexibility index (Phi) is 6.24. The number of aliphatic hydroxyl groups excluding tert-OH is 6. The third kappa shape index (κ3) is 3.75. The van der Waals surface area contributed by atoms with Gasteiger partial charge in [-0.25, -0.2) is 4.79 Å². The first-order valence-corrected chi connectivity index (χ1v) is 12.5. The van der Waals surface area contributed by atoms with Gasteiger partial charge in [-0.2, -0.15) is 0 Å². The summed E-state index contributed by atoms with van der Waals surface area (Å²) in [7, 11) is 0. The first-order valence-electron chi connectivity index (χ1n) is 12.5. The first kappa shape index (κ1) is 27.3. The quantitative estimate of drug-likeness (QED) is 0.187. The van der Waals surface area contributed by atoms with Crippen LogP contribution in [-0.2, 0) is 29.5 Å². The van der Waals surface area contributed by atoms with Crippen LogP contribution in [0.2, 0.25) is 0 Å². The maximum absolute atomic E-state index is 12.7. The highest BCUT2D eigenvalue weighted by Crippen LogP contribution is 2.61. The maximum Gasteiger partial charge on any atom is 0.378 e. The molecule has 0 saturated carbocycles. The second-order valence-corrected chi connectivity index (χ2v) is 10.1. The lowest BCUT2D eigenvalue weighted by molar-refractivity contribution is -0.232. The van der Waals surface area contributed by atoms with Crippen LogP contribution in [0.4, 0.5) is 0 Å². The van der Waals surface area contributed by atoms with Gasteiger partial charge in [-0.1, -0.05) is 0 Å². The lowest BCUT2D eigenvalue weighted by Crippen LogP contribution is -2.55. The molecule has 9 N–H and O–H groups in total. The summed E-state index contributed by atoms with van der Waals surface area (Å²) in [5.74, 6) is -6.24. The topological polar surface area (TPSA) is 245 Å². The molecular weight excluding hydrogens is 552 g/mol. The van der Waals surface area contributed by atoms with Gasteiger partial charge in [-0.3, -0.25) is 0 Å². The minimum atomic E-state index is -2.31. The minimum absolute atomic E-state index is 0.0287. The molecule has 0 aromatic heterocycles. The van der Waals surface area contributed by atoms with E-state index in [1.54, 1.807) is 6.92 Å². The Morgan fingerprint density at radius 2 is 1.68 bits per heavy atom. The van der Waals surface area contributed by atoms with E-state index in [-0.39, 0.29) is 34.1 Å². The fourth-order valence-electron chi connectivity index (χ4n) is 5.46. The number of hydrogen-bond acceptors (Lipinski definition) is 15. The van der Waals surface area contributed by atoms with Crippen LogP contribution in [0.3, 0.4) is 0 Å². The lowest BCUT2D eigenvalue weighted by Gasteiger charge is -2.42. The van der Waals surface area contributed by atoms with E-state index in [1.165, 1.54) is 12.1 Å². The summed E-state index contributed by atoms with van der Waals surface area (Å²) in [5, 5.41) is 93.7. The SMILES string of the molecule is Cc1cc2c(cc1O)C1(OC3=C(O1)C(C(O)CO)OC3=O)c1c(cc(O)c(C3O[C@H](CO)[C@@H](O)[C@H](O)[C@H]3O)c1O)O2. The highest BCUT2D eigenvalue weighted by atomic mass is 16.8. The number of carbonyl (C=O) groups is 1. The van der Waals surface area contributed by atoms with Crippen LogP contribution in [0, 0.1) is 6.92 Å². The summed E-state index contributed by atoms with van der Waals surface area (Å²) >= 11 is 0. The molecule has 6 rings (SSSR count). The lowest BCUT2D eigenvalue weighted by atomic mass is 9.85.